The average Bonchev–Trinajstić information content (AvgIpc) is 2.54. The third kappa shape index (κ3) is 5.54. The second-order valence-corrected chi connectivity index (χ2v) is 7.15. The van der Waals surface area contributed by atoms with E-state index in [1.165, 1.54) is 9.80 Å². The minimum absolute atomic E-state index is 0.0182. The summed E-state index contributed by atoms with van der Waals surface area (Å²) in [6.07, 6.45) is 0.285. The Labute approximate surface area is 150 Å². The molecule has 0 aliphatic carbocycles. The molecule has 25 heavy (non-hydrogen) atoms. The van der Waals surface area contributed by atoms with Crippen molar-refractivity contribution in [2.24, 2.45) is 0 Å². The first kappa shape index (κ1) is 19.4. The number of quaternary nitrogens is 1. The summed E-state index contributed by atoms with van der Waals surface area (Å²) in [6.45, 7) is 9.65. The summed E-state index contributed by atoms with van der Waals surface area (Å²) in [5, 5.41) is 2.83. The van der Waals surface area contributed by atoms with Crippen LogP contribution in [0.3, 0.4) is 0 Å². The summed E-state index contributed by atoms with van der Waals surface area (Å²) in [5.74, 6) is -0.207. The Kier molecular flexibility index (Phi) is 6.56. The van der Waals surface area contributed by atoms with Gasteiger partial charge in [-0.3, -0.25) is 9.59 Å². The molecule has 2 amide bonds. The monoisotopic (exact) mass is 348 g/mol. The van der Waals surface area contributed by atoms with E-state index in [2.05, 4.69) is 5.32 Å². The molecule has 0 unspecified atom stereocenters. The van der Waals surface area contributed by atoms with Gasteiger partial charge >= 0.3 is 0 Å². The number of carbonyl (C=O) groups is 2. The Bertz CT molecular complexity index is 592. The number of ether oxygens (including phenoxy) is 1. The van der Waals surface area contributed by atoms with Crippen molar-refractivity contribution in [2.75, 3.05) is 32.0 Å². The van der Waals surface area contributed by atoms with Gasteiger partial charge in [-0.2, -0.15) is 0 Å². The molecule has 6 heteroatoms. The number of rotatable bonds is 5. The summed E-state index contributed by atoms with van der Waals surface area (Å²) in [6, 6.07) is 7.41. The van der Waals surface area contributed by atoms with Crippen molar-refractivity contribution in [2.45, 2.75) is 45.9 Å². The lowest BCUT2D eigenvalue weighted by Crippen LogP contribution is -3.19. The van der Waals surface area contributed by atoms with Crippen LogP contribution in [0.15, 0.2) is 24.3 Å². The van der Waals surface area contributed by atoms with Crippen molar-refractivity contribution in [3.8, 4) is 0 Å². The van der Waals surface area contributed by atoms with Crippen LogP contribution in [-0.4, -0.2) is 61.6 Å². The molecule has 1 heterocycles. The SMILES string of the molecule is Cc1ccc(NC(=O)CN(C)C(=O)[C@@H](C)[NH+]2C[C@@H](C)O[C@H](C)C2)cc1. The summed E-state index contributed by atoms with van der Waals surface area (Å²) < 4.78 is 5.74. The molecule has 2 N–H and O–H groups in total. The number of carbonyl (C=O) groups excluding carboxylic acids is 2. The van der Waals surface area contributed by atoms with Crippen molar-refractivity contribution in [1.82, 2.24) is 4.90 Å². The first-order valence-electron chi connectivity index (χ1n) is 8.87. The second-order valence-electron chi connectivity index (χ2n) is 7.15. The molecule has 138 valence electrons. The normalized spacial score (nSPS) is 24.4. The number of amides is 2. The molecule has 1 aliphatic rings. The predicted octanol–water partition coefficient (Wildman–Crippen LogP) is 0.473. The maximum atomic E-state index is 12.7. The molecule has 1 aromatic carbocycles. The van der Waals surface area contributed by atoms with Crippen molar-refractivity contribution >= 4 is 17.5 Å². The third-order valence-electron chi connectivity index (χ3n) is 4.64. The molecular formula is C19H30N3O3+. The predicted molar refractivity (Wildman–Crippen MR) is 97.6 cm³/mol. The number of likely N-dealkylation sites (N-methyl/N-ethyl adjacent to an activating group) is 1. The van der Waals surface area contributed by atoms with Gasteiger partial charge in [0, 0.05) is 12.7 Å². The zero-order valence-corrected chi connectivity index (χ0v) is 15.8. The molecule has 0 bridgehead atoms. The summed E-state index contributed by atoms with van der Waals surface area (Å²) in [5.41, 5.74) is 1.88. The Balaban J connectivity index is 1.88. The Morgan fingerprint density at radius 1 is 1.24 bits per heavy atom. The molecule has 6 nitrogen and oxygen atoms in total. The third-order valence-corrected chi connectivity index (χ3v) is 4.64. The highest BCUT2D eigenvalue weighted by Gasteiger charge is 2.34. The first-order chi connectivity index (χ1) is 11.8. The molecule has 0 radical (unpaired) electrons. The van der Waals surface area contributed by atoms with Crippen molar-refractivity contribution in [3.05, 3.63) is 29.8 Å². The van der Waals surface area contributed by atoms with Gasteiger partial charge in [0.15, 0.2) is 6.04 Å². The van der Waals surface area contributed by atoms with E-state index in [-0.39, 0.29) is 36.6 Å². The minimum Gasteiger partial charge on any atom is -0.364 e. The van der Waals surface area contributed by atoms with Gasteiger partial charge in [-0.15, -0.1) is 0 Å². The second kappa shape index (κ2) is 8.45. The summed E-state index contributed by atoms with van der Waals surface area (Å²) in [4.78, 5) is 27.6. The molecule has 1 aliphatic heterocycles. The smallest absolute Gasteiger partial charge is 0.280 e. The number of aryl methyl sites for hydroxylation is 1. The van der Waals surface area contributed by atoms with E-state index in [1.807, 2.05) is 52.0 Å². The molecule has 1 fully saturated rings. The number of hydrogen-bond acceptors (Lipinski definition) is 3. The van der Waals surface area contributed by atoms with Gasteiger partial charge in [-0.05, 0) is 39.8 Å². The van der Waals surface area contributed by atoms with Crippen LogP contribution in [0.2, 0.25) is 0 Å². The summed E-state index contributed by atoms with van der Waals surface area (Å²) in [7, 11) is 1.68. The van der Waals surface area contributed by atoms with Crippen LogP contribution in [-0.2, 0) is 14.3 Å². The molecular weight excluding hydrogens is 318 g/mol. The maximum absolute atomic E-state index is 12.7. The highest BCUT2D eigenvalue weighted by Crippen LogP contribution is 2.08. The topological polar surface area (TPSA) is 63.1 Å². The zero-order chi connectivity index (χ0) is 18.6. The fraction of sp³-hybridized carbons (Fsp3) is 0.579. The van der Waals surface area contributed by atoms with Crippen molar-refractivity contribution < 1.29 is 19.2 Å². The molecule has 0 aromatic heterocycles. The molecule has 0 spiro atoms. The number of anilines is 1. The number of nitrogens with zero attached hydrogens (tertiary/aromatic N) is 1. The lowest BCUT2D eigenvalue weighted by Gasteiger charge is -2.36. The Morgan fingerprint density at radius 3 is 2.36 bits per heavy atom. The zero-order valence-electron chi connectivity index (χ0n) is 15.8. The fourth-order valence-corrected chi connectivity index (χ4v) is 3.30. The van der Waals surface area contributed by atoms with Gasteiger partial charge in [0.1, 0.15) is 25.3 Å². The van der Waals surface area contributed by atoms with Gasteiger partial charge in [-0.1, -0.05) is 17.7 Å². The minimum atomic E-state index is -0.189. The summed E-state index contributed by atoms with van der Waals surface area (Å²) >= 11 is 0. The van der Waals surface area contributed by atoms with E-state index < -0.39 is 0 Å². The highest BCUT2D eigenvalue weighted by molar-refractivity contribution is 5.94. The molecule has 1 aromatic rings. The van der Waals surface area contributed by atoms with Crippen LogP contribution in [0, 0.1) is 6.92 Å². The van der Waals surface area contributed by atoms with Crippen LogP contribution in [0.1, 0.15) is 26.3 Å². The largest absolute Gasteiger partial charge is 0.364 e. The van der Waals surface area contributed by atoms with Crippen molar-refractivity contribution in [1.29, 1.82) is 0 Å². The number of morpholine rings is 1. The van der Waals surface area contributed by atoms with E-state index in [0.717, 1.165) is 24.3 Å². The van der Waals surface area contributed by atoms with Gasteiger partial charge in [0.2, 0.25) is 5.91 Å². The molecule has 0 saturated carbocycles. The van der Waals surface area contributed by atoms with Crippen molar-refractivity contribution in [3.63, 3.8) is 0 Å². The highest BCUT2D eigenvalue weighted by atomic mass is 16.5. The molecule has 2 rings (SSSR count). The Hall–Kier alpha value is -1.92. The fourth-order valence-electron chi connectivity index (χ4n) is 3.30. The number of benzene rings is 1. The van der Waals surface area contributed by atoms with Gasteiger partial charge in [-0.25, -0.2) is 0 Å². The van der Waals surface area contributed by atoms with Crippen LogP contribution >= 0.6 is 0 Å². The average molecular weight is 348 g/mol. The van der Waals surface area contributed by atoms with Gasteiger partial charge in [0.25, 0.3) is 5.91 Å². The first-order valence-corrected chi connectivity index (χ1v) is 8.87. The number of nitrogens with one attached hydrogen (secondary N) is 2. The number of hydrogen-bond donors (Lipinski definition) is 2. The lowest BCUT2D eigenvalue weighted by atomic mass is 10.1. The molecule has 1 saturated heterocycles. The van der Waals surface area contributed by atoms with E-state index in [0.29, 0.717) is 0 Å². The standard InChI is InChI=1S/C19H29N3O3/c1-13-6-8-17(9-7-13)20-18(23)12-21(5)19(24)16(4)22-10-14(2)25-15(3)11-22/h6-9,14-16H,10-12H2,1-5H3,(H,20,23)/p+1/t14-,15-,16-/m1/s1. The van der Waals surface area contributed by atoms with Crippen LogP contribution < -0.4 is 10.2 Å². The van der Waals surface area contributed by atoms with Gasteiger partial charge in [0.05, 0.1) is 6.54 Å². The van der Waals surface area contributed by atoms with E-state index in [4.69, 9.17) is 4.74 Å². The maximum Gasteiger partial charge on any atom is 0.280 e. The van der Waals surface area contributed by atoms with E-state index in [9.17, 15) is 9.59 Å². The quantitative estimate of drug-likeness (QED) is 0.813. The van der Waals surface area contributed by atoms with Crippen LogP contribution in [0.4, 0.5) is 5.69 Å². The lowest BCUT2D eigenvalue weighted by molar-refractivity contribution is -0.928. The Morgan fingerprint density at radius 2 is 1.80 bits per heavy atom. The molecule has 3 atom stereocenters. The van der Waals surface area contributed by atoms with Crippen LogP contribution in [0.5, 0.6) is 0 Å². The van der Waals surface area contributed by atoms with E-state index >= 15 is 0 Å². The van der Waals surface area contributed by atoms with Gasteiger partial charge < -0.3 is 19.9 Å². The van der Waals surface area contributed by atoms with Crippen LogP contribution in [0.25, 0.3) is 0 Å². The van der Waals surface area contributed by atoms with E-state index in [1.54, 1.807) is 7.05 Å².